The minimum atomic E-state index is -1.44. The molecule has 8 atom stereocenters. The number of esters is 1. The van der Waals surface area contributed by atoms with Gasteiger partial charge >= 0.3 is 11.9 Å². The van der Waals surface area contributed by atoms with Gasteiger partial charge in [-0.25, -0.2) is 0 Å². The van der Waals surface area contributed by atoms with Gasteiger partial charge in [-0.1, -0.05) is 12.7 Å². The highest BCUT2D eigenvalue weighted by atomic mass is 16.6. The number of aliphatic carboxylic acids is 1. The summed E-state index contributed by atoms with van der Waals surface area (Å²) in [5.41, 5.74) is -3.56. The van der Waals surface area contributed by atoms with E-state index in [0.717, 1.165) is 0 Å². The molecule has 0 aromatic rings. The van der Waals surface area contributed by atoms with Crippen molar-refractivity contribution >= 4 is 11.9 Å². The van der Waals surface area contributed by atoms with Gasteiger partial charge in [-0.15, -0.1) is 0 Å². The maximum Gasteiger partial charge on any atom is 0.313 e. The van der Waals surface area contributed by atoms with Crippen LogP contribution in [0.2, 0.25) is 0 Å². The minimum Gasteiger partial charge on any atom is -0.481 e. The van der Waals surface area contributed by atoms with E-state index in [1.54, 1.807) is 6.92 Å². The summed E-state index contributed by atoms with van der Waals surface area (Å²) >= 11 is 0. The molecule has 0 amide bonds. The first kappa shape index (κ1) is 15.6. The molecule has 6 heteroatoms. The summed E-state index contributed by atoms with van der Waals surface area (Å²) < 4.78 is 5.90. The number of aliphatic hydroxyl groups excluding tert-OH is 1. The summed E-state index contributed by atoms with van der Waals surface area (Å²) in [7, 11) is 0. The zero-order chi connectivity index (χ0) is 18.0. The fourth-order valence-electron chi connectivity index (χ4n) is 7.12. The van der Waals surface area contributed by atoms with Crippen molar-refractivity contribution in [2.24, 2.45) is 28.6 Å². The van der Waals surface area contributed by atoms with Gasteiger partial charge in [0, 0.05) is 11.8 Å². The second-order valence-corrected chi connectivity index (χ2v) is 8.98. The smallest absolute Gasteiger partial charge is 0.313 e. The fourth-order valence-corrected chi connectivity index (χ4v) is 7.12. The molecule has 0 radical (unpaired) electrons. The predicted octanol–water partition coefficient (Wildman–Crippen LogP) is 1.03. The van der Waals surface area contributed by atoms with Gasteiger partial charge in [0.15, 0.2) is 0 Å². The van der Waals surface area contributed by atoms with Crippen molar-refractivity contribution < 1.29 is 29.6 Å². The van der Waals surface area contributed by atoms with Crippen LogP contribution in [0.4, 0.5) is 0 Å². The molecule has 25 heavy (non-hydrogen) atoms. The van der Waals surface area contributed by atoms with Gasteiger partial charge < -0.3 is 20.1 Å². The molecule has 4 aliphatic carbocycles. The van der Waals surface area contributed by atoms with Crippen LogP contribution in [0, 0.1) is 28.6 Å². The Hall–Kier alpha value is -1.66. The summed E-state index contributed by atoms with van der Waals surface area (Å²) in [6, 6.07) is 0. The van der Waals surface area contributed by atoms with E-state index < -0.39 is 45.9 Å². The number of ether oxygens (including phenoxy) is 1. The van der Waals surface area contributed by atoms with Crippen molar-refractivity contribution in [1.82, 2.24) is 0 Å². The number of hydrogen-bond acceptors (Lipinski definition) is 5. The van der Waals surface area contributed by atoms with Crippen LogP contribution < -0.4 is 0 Å². The Labute approximate surface area is 145 Å². The van der Waals surface area contributed by atoms with Gasteiger partial charge in [-0.3, -0.25) is 9.59 Å². The molecular weight excluding hydrogens is 324 g/mol. The molecule has 5 aliphatic rings. The van der Waals surface area contributed by atoms with Crippen LogP contribution in [0.15, 0.2) is 24.3 Å². The number of carboxylic acids is 1. The van der Waals surface area contributed by atoms with E-state index >= 15 is 0 Å². The molecule has 134 valence electrons. The van der Waals surface area contributed by atoms with Crippen molar-refractivity contribution in [3.8, 4) is 0 Å². The van der Waals surface area contributed by atoms with Crippen LogP contribution in [0.25, 0.3) is 0 Å². The zero-order valence-corrected chi connectivity index (χ0v) is 14.1. The first-order chi connectivity index (χ1) is 11.6. The maximum absolute atomic E-state index is 12.7. The van der Waals surface area contributed by atoms with Crippen molar-refractivity contribution in [1.29, 1.82) is 0 Å². The van der Waals surface area contributed by atoms with E-state index in [4.69, 9.17) is 4.74 Å². The van der Waals surface area contributed by atoms with Gasteiger partial charge in [-0.2, -0.15) is 0 Å². The Bertz CT molecular complexity index is 772. The third-order valence-electron chi connectivity index (χ3n) is 8.05. The van der Waals surface area contributed by atoms with Gasteiger partial charge in [0.2, 0.25) is 0 Å². The first-order valence-electron chi connectivity index (χ1n) is 8.84. The molecule has 3 saturated carbocycles. The molecule has 4 bridgehead atoms. The van der Waals surface area contributed by atoms with E-state index in [-0.39, 0.29) is 24.7 Å². The summed E-state index contributed by atoms with van der Waals surface area (Å²) in [5, 5.41) is 31.7. The summed E-state index contributed by atoms with van der Waals surface area (Å²) in [5.74, 6) is -2.93. The second kappa shape index (κ2) is 4.01. The Kier molecular flexibility index (Phi) is 2.50. The lowest BCUT2D eigenvalue weighted by atomic mass is 9.61. The number of allylic oxidation sites excluding steroid dienone is 1. The molecule has 1 heterocycles. The lowest BCUT2D eigenvalue weighted by Gasteiger charge is -2.46. The standard InChI is InChI=1S/C19H22O6/c1-9-7-17-8-18(9,24)11(20)6-10(17)19-5-3-4-16(2,15(23)25-19)13(19)12(17)14(21)22/h3,5,10-13,20,24H,1,4,6-8H2,2H3,(H,21,22)/t10-,11+,12-,13-,16-,17+,18+,19-/m1/s1. The van der Waals surface area contributed by atoms with Crippen LogP contribution in [0.5, 0.6) is 0 Å². The van der Waals surface area contributed by atoms with Gasteiger partial charge in [0.25, 0.3) is 0 Å². The topological polar surface area (TPSA) is 104 Å². The Balaban J connectivity index is 1.78. The van der Waals surface area contributed by atoms with E-state index in [1.165, 1.54) is 0 Å². The molecule has 0 aromatic heterocycles. The number of fused-ring (bicyclic) bond motifs is 1. The SMILES string of the molecule is C=C1C[C@]23C[C@@]1(O)[C@@H](O)C[C@H]2[C@@]12C=CC[C@@](C)(C(=O)O1)[C@H]2[C@@H]3C(=O)O. The summed E-state index contributed by atoms with van der Waals surface area (Å²) in [4.78, 5) is 25.0. The molecule has 4 fully saturated rings. The van der Waals surface area contributed by atoms with Gasteiger partial charge in [0.1, 0.15) is 11.2 Å². The third-order valence-corrected chi connectivity index (χ3v) is 8.05. The third kappa shape index (κ3) is 1.36. The Morgan fingerprint density at radius 3 is 2.84 bits per heavy atom. The molecule has 1 aliphatic heterocycles. The first-order valence-corrected chi connectivity index (χ1v) is 8.84. The zero-order valence-electron chi connectivity index (χ0n) is 14.1. The highest BCUT2D eigenvalue weighted by molar-refractivity contribution is 5.85. The van der Waals surface area contributed by atoms with Crippen LogP contribution >= 0.6 is 0 Å². The lowest BCUT2D eigenvalue weighted by Crippen LogP contribution is -2.53. The van der Waals surface area contributed by atoms with Crippen LogP contribution in [-0.2, 0) is 14.3 Å². The average molecular weight is 346 g/mol. The number of carbonyl (C=O) groups is 2. The maximum atomic E-state index is 12.7. The number of aliphatic hydroxyl groups is 2. The van der Waals surface area contributed by atoms with E-state index in [2.05, 4.69) is 6.58 Å². The van der Waals surface area contributed by atoms with E-state index in [9.17, 15) is 24.9 Å². The largest absolute Gasteiger partial charge is 0.481 e. The predicted molar refractivity (Wildman–Crippen MR) is 85.2 cm³/mol. The molecule has 6 nitrogen and oxygen atoms in total. The second-order valence-electron chi connectivity index (χ2n) is 8.98. The lowest BCUT2D eigenvalue weighted by molar-refractivity contribution is -0.167. The van der Waals surface area contributed by atoms with Gasteiger partial charge in [0.05, 0.1) is 17.4 Å². The Morgan fingerprint density at radius 2 is 2.16 bits per heavy atom. The normalized spacial score (nSPS) is 58.0. The molecule has 1 spiro atoms. The van der Waals surface area contributed by atoms with Crippen LogP contribution in [0.1, 0.15) is 32.6 Å². The van der Waals surface area contributed by atoms with E-state index in [0.29, 0.717) is 18.4 Å². The van der Waals surface area contributed by atoms with Crippen molar-refractivity contribution in [3.05, 3.63) is 24.3 Å². The van der Waals surface area contributed by atoms with E-state index in [1.807, 2.05) is 12.2 Å². The molecule has 1 saturated heterocycles. The van der Waals surface area contributed by atoms with Crippen molar-refractivity contribution in [2.45, 2.75) is 49.9 Å². The quantitative estimate of drug-likeness (QED) is 0.484. The molecule has 5 rings (SSSR count). The Morgan fingerprint density at radius 1 is 1.44 bits per heavy atom. The molecular formula is C19H22O6. The number of carboxylic acid groups (broad SMARTS) is 1. The van der Waals surface area contributed by atoms with Crippen LogP contribution in [-0.4, -0.2) is 44.6 Å². The highest BCUT2D eigenvalue weighted by Gasteiger charge is 2.83. The van der Waals surface area contributed by atoms with Crippen LogP contribution in [0.3, 0.4) is 0 Å². The van der Waals surface area contributed by atoms with Crippen molar-refractivity contribution in [2.75, 3.05) is 0 Å². The van der Waals surface area contributed by atoms with Crippen molar-refractivity contribution in [3.63, 3.8) is 0 Å². The number of rotatable bonds is 1. The average Bonchev–Trinajstić information content (AvgIpc) is 2.93. The minimum absolute atomic E-state index is 0.168. The molecule has 0 aromatic carbocycles. The molecule has 3 N–H and O–H groups in total. The highest BCUT2D eigenvalue weighted by Crippen LogP contribution is 2.77. The summed E-state index contributed by atoms with van der Waals surface area (Å²) in [6.45, 7) is 5.74. The number of carbonyl (C=O) groups excluding carboxylic acids is 1. The van der Waals surface area contributed by atoms with Gasteiger partial charge in [-0.05, 0) is 49.7 Å². The number of hydrogen-bond donors (Lipinski definition) is 3. The fraction of sp³-hybridized carbons (Fsp3) is 0.684. The molecule has 0 unspecified atom stereocenters. The monoisotopic (exact) mass is 346 g/mol. The summed E-state index contributed by atoms with van der Waals surface area (Å²) in [6.07, 6.45) is 3.93.